The molecule has 8 aromatic carbocycles. The van der Waals surface area contributed by atoms with E-state index in [0.29, 0.717) is 0 Å². The van der Waals surface area contributed by atoms with E-state index < -0.39 is 5.41 Å². The van der Waals surface area contributed by atoms with Gasteiger partial charge < -0.3 is 0 Å². The molecule has 1 unspecified atom stereocenters. The summed E-state index contributed by atoms with van der Waals surface area (Å²) in [6.07, 6.45) is 0. The minimum atomic E-state index is -0.626. The van der Waals surface area contributed by atoms with Crippen molar-refractivity contribution in [1.29, 1.82) is 0 Å². The van der Waals surface area contributed by atoms with Gasteiger partial charge in [0.25, 0.3) is 0 Å². The Labute approximate surface area is 308 Å². The standard InChI is InChI=1S/C51H32N2/c1-3-14-33(15-4-1)34-26-28-35(29-27-34)38-30-31-41-40-21-9-11-24-44(40)51(46(41)32-38)45-25-12-10-22-43(45)49-47(51)48(52-50(53-49)37-17-5-2-6-18-37)42-23-13-19-36-16-7-8-20-39(36)42/h1-32H. The zero-order valence-corrected chi connectivity index (χ0v) is 28.9. The summed E-state index contributed by atoms with van der Waals surface area (Å²) in [6.45, 7) is 0. The van der Waals surface area contributed by atoms with Crippen LogP contribution in [0.3, 0.4) is 0 Å². The van der Waals surface area contributed by atoms with Crippen molar-refractivity contribution in [3.8, 4) is 67.3 Å². The van der Waals surface area contributed by atoms with Crippen molar-refractivity contribution >= 4 is 10.8 Å². The van der Waals surface area contributed by atoms with Gasteiger partial charge in [0.05, 0.1) is 16.8 Å². The average Bonchev–Trinajstić information content (AvgIpc) is 3.71. The number of aromatic nitrogens is 2. The average molecular weight is 673 g/mol. The zero-order chi connectivity index (χ0) is 34.9. The Morgan fingerprint density at radius 1 is 0.321 bits per heavy atom. The molecule has 0 amide bonds. The van der Waals surface area contributed by atoms with Gasteiger partial charge in [0.15, 0.2) is 5.82 Å². The largest absolute Gasteiger partial charge is 0.228 e. The summed E-state index contributed by atoms with van der Waals surface area (Å²) in [7, 11) is 0. The van der Waals surface area contributed by atoms with Crippen LogP contribution in [0.1, 0.15) is 22.3 Å². The highest BCUT2D eigenvalue weighted by molar-refractivity contribution is 6.02. The first-order valence-electron chi connectivity index (χ1n) is 18.3. The molecule has 0 aliphatic heterocycles. The maximum Gasteiger partial charge on any atom is 0.160 e. The summed E-state index contributed by atoms with van der Waals surface area (Å²) in [5.74, 6) is 0.734. The summed E-state index contributed by atoms with van der Waals surface area (Å²) in [6, 6.07) is 70.2. The van der Waals surface area contributed by atoms with Gasteiger partial charge in [-0.15, -0.1) is 0 Å². The number of hydrogen-bond acceptors (Lipinski definition) is 2. The first kappa shape index (κ1) is 29.8. The molecule has 9 aromatic rings. The maximum absolute atomic E-state index is 5.59. The Balaban J connectivity index is 1.23. The molecular formula is C51H32N2. The van der Waals surface area contributed by atoms with Crippen LogP contribution >= 0.6 is 0 Å². The third-order valence-corrected chi connectivity index (χ3v) is 11.3. The van der Waals surface area contributed by atoms with Crippen molar-refractivity contribution in [3.63, 3.8) is 0 Å². The molecule has 0 saturated heterocycles. The Kier molecular flexibility index (Phi) is 6.50. The Morgan fingerprint density at radius 3 is 1.57 bits per heavy atom. The highest BCUT2D eigenvalue weighted by Crippen LogP contribution is 2.64. The van der Waals surface area contributed by atoms with E-state index in [1.165, 1.54) is 60.8 Å². The smallest absolute Gasteiger partial charge is 0.160 e. The number of hydrogen-bond donors (Lipinski definition) is 0. The number of rotatable bonds is 4. The van der Waals surface area contributed by atoms with Crippen LogP contribution in [0.15, 0.2) is 194 Å². The summed E-state index contributed by atoms with van der Waals surface area (Å²) in [5.41, 5.74) is 16.9. The van der Waals surface area contributed by atoms with Crippen LogP contribution in [-0.2, 0) is 5.41 Å². The molecule has 1 atom stereocenters. The molecular weight excluding hydrogens is 641 g/mol. The van der Waals surface area contributed by atoms with E-state index in [-0.39, 0.29) is 0 Å². The molecule has 2 aliphatic rings. The fraction of sp³-hybridized carbons (Fsp3) is 0.0196. The topological polar surface area (TPSA) is 25.8 Å². The van der Waals surface area contributed by atoms with Crippen LogP contribution in [-0.4, -0.2) is 9.97 Å². The lowest BCUT2D eigenvalue weighted by Crippen LogP contribution is -2.27. The Bertz CT molecular complexity index is 2870. The predicted molar refractivity (Wildman–Crippen MR) is 218 cm³/mol. The van der Waals surface area contributed by atoms with E-state index in [1.807, 2.05) is 6.07 Å². The molecule has 0 bridgehead atoms. The fourth-order valence-electron chi connectivity index (χ4n) is 9.01. The number of nitrogens with zero attached hydrogens (tertiary/aromatic N) is 2. The van der Waals surface area contributed by atoms with Crippen LogP contribution in [0, 0.1) is 0 Å². The molecule has 1 heterocycles. The Morgan fingerprint density at radius 2 is 0.811 bits per heavy atom. The molecule has 2 nitrogen and oxygen atoms in total. The normalized spacial score (nSPS) is 14.9. The lowest BCUT2D eigenvalue weighted by molar-refractivity contribution is 0.788. The van der Waals surface area contributed by atoms with Gasteiger partial charge in [-0.3, -0.25) is 0 Å². The predicted octanol–water partition coefficient (Wildman–Crippen LogP) is 12.6. The minimum Gasteiger partial charge on any atom is -0.228 e. The van der Waals surface area contributed by atoms with E-state index in [1.54, 1.807) is 0 Å². The van der Waals surface area contributed by atoms with E-state index in [4.69, 9.17) is 9.97 Å². The molecule has 1 spiro atoms. The van der Waals surface area contributed by atoms with Gasteiger partial charge in [-0.2, -0.15) is 0 Å². The van der Waals surface area contributed by atoms with Gasteiger partial charge in [-0.05, 0) is 66.9 Å². The highest BCUT2D eigenvalue weighted by atomic mass is 14.9. The Hall–Kier alpha value is -6.90. The third-order valence-electron chi connectivity index (χ3n) is 11.3. The van der Waals surface area contributed by atoms with Crippen molar-refractivity contribution < 1.29 is 0 Å². The molecule has 0 radical (unpaired) electrons. The summed E-state index contributed by atoms with van der Waals surface area (Å²) in [5, 5.41) is 2.37. The summed E-state index contributed by atoms with van der Waals surface area (Å²) in [4.78, 5) is 11.1. The SMILES string of the molecule is c1ccc(-c2ccc(-c3ccc4c(c3)C3(c5ccccc5-4)c4ccccc4-c4nc(-c5ccccc5)nc(-c5cccc6ccccc56)c43)cc2)cc1. The van der Waals surface area contributed by atoms with Crippen LogP contribution < -0.4 is 0 Å². The van der Waals surface area contributed by atoms with E-state index in [9.17, 15) is 0 Å². The fourth-order valence-corrected chi connectivity index (χ4v) is 9.01. The highest BCUT2D eigenvalue weighted by Gasteiger charge is 2.54. The number of benzene rings is 8. The second-order valence-corrected chi connectivity index (χ2v) is 14.1. The molecule has 0 fully saturated rings. The molecule has 11 rings (SSSR count). The first-order chi connectivity index (χ1) is 26.3. The van der Waals surface area contributed by atoms with Gasteiger partial charge >= 0.3 is 0 Å². The van der Waals surface area contributed by atoms with Crippen molar-refractivity contribution in [2.75, 3.05) is 0 Å². The zero-order valence-electron chi connectivity index (χ0n) is 28.9. The van der Waals surface area contributed by atoms with Crippen molar-refractivity contribution in [1.82, 2.24) is 9.97 Å². The summed E-state index contributed by atoms with van der Waals surface area (Å²) < 4.78 is 0. The van der Waals surface area contributed by atoms with E-state index in [2.05, 4.69) is 188 Å². The summed E-state index contributed by atoms with van der Waals surface area (Å²) >= 11 is 0. The lowest BCUT2D eigenvalue weighted by atomic mass is 9.69. The van der Waals surface area contributed by atoms with Crippen LogP contribution in [0.25, 0.3) is 78.1 Å². The van der Waals surface area contributed by atoms with Gasteiger partial charge in [-0.25, -0.2) is 9.97 Å². The number of fused-ring (bicyclic) bond motifs is 11. The van der Waals surface area contributed by atoms with Gasteiger partial charge in [-0.1, -0.05) is 188 Å². The third kappa shape index (κ3) is 4.33. The van der Waals surface area contributed by atoms with Crippen LogP contribution in [0.5, 0.6) is 0 Å². The van der Waals surface area contributed by atoms with Crippen LogP contribution in [0.2, 0.25) is 0 Å². The first-order valence-corrected chi connectivity index (χ1v) is 18.3. The molecule has 246 valence electrons. The van der Waals surface area contributed by atoms with E-state index in [0.717, 1.165) is 39.5 Å². The van der Waals surface area contributed by atoms with Crippen LogP contribution in [0.4, 0.5) is 0 Å². The lowest BCUT2D eigenvalue weighted by Gasteiger charge is -2.32. The molecule has 0 N–H and O–H groups in total. The van der Waals surface area contributed by atoms with Gasteiger partial charge in [0.2, 0.25) is 0 Å². The van der Waals surface area contributed by atoms with Crippen molar-refractivity contribution in [2.45, 2.75) is 5.41 Å². The van der Waals surface area contributed by atoms with Gasteiger partial charge in [0, 0.05) is 22.3 Å². The molecule has 53 heavy (non-hydrogen) atoms. The monoisotopic (exact) mass is 672 g/mol. The van der Waals surface area contributed by atoms with E-state index >= 15 is 0 Å². The van der Waals surface area contributed by atoms with Gasteiger partial charge in [0.1, 0.15) is 0 Å². The molecule has 2 aliphatic carbocycles. The van der Waals surface area contributed by atoms with Crippen molar-refractivity contribution in [3.05, 3.63) is 216 Å². The minimum absolute atomic E-state index is 0.626. The molecule has 1 aromatic heterocycles. The van der Waals surface area contributed by atoms with Crippen molar-refractivity contribution in [2.24, 2.45) is 0 Å². The second-order valence-electron chi connectivity index (χ2n) is 14.1. The second kappa shape index (κ2) is 11.6. The molecule has 2 heteroatoms. The maximum atomic E-state index is 5.59. The molecule has 0 saturated carbocycles. The quantitative estimate of drug-likeness (QED) is 0.186.